The van der Waals surface area contributed by atoms with Crippen LogP contribution in [0.4, 0.5) is 10.5 Å². The second-order valence-corrected chi connectivity index (χ2v) is 3.62. The first-order valence-electron chi connectivity index (χ1n) is 5.19. The van der Waals surface area contributed by atoms with E-state index in [1.165, 1.54) is 7.11 Å². The number of amides is 1. The molecule has 1 N–H and O–H groups in total. The lowest BCUT2D eigenvalue weighted by Crippen LogP contribution is -2.19. The molecule has 0 unspecified atom stereocenters. The molecule has 1 aromatic carbocycles. The molecule has 0 saturated carbocycles. The smallest absolute Gasteiger partial charge is 0.411 e. The first-order valence-corrected chi connectivity index (χ1v) is 5.19. The van der Waals surface area contributed by atoms with Crippen LogP contribution in [-0.4, -0.2) is 25.3 Å². The lowest BCUT2D eigenvalue weighted by atomic mass is 10.2. The van der Waals surface area contributed by atoms with Gasteiger partial charge in [-0.25, -0.2) is 9.59 Å². The van der Waals surface area contributed by atoms with E-state index in [0.29, 0.717) is 5.69 Å². The summed E-state index contributed by atoms with van der Waals surface area (Å²) in [6.45, 7) is 3.48. The van der Waals surface area contributed by atoms with E-state index in [4.69, 9.17) is 4.74 Å². The second-order valence-electron chi connectivity index (χ2n) is 3.62. The molecule has 0 fully saturated rings. The highest BCUT2D eigenvalue weighted by atomic mass is 16.6. The first-order chi connectivity index (χ1) is 8.04. The van der Waals surface area contributed by atoms with Gasteiger partial charge in [0.05, 0.1) is 24.5 Å². The number of hydrogen-bond acceptors (Lipinski definition) is 4. The third kappa shape index (κ3) is 3.79. The maximum Gasteiger partial charge on any atom is 0.411 e. The Morgan fingerprint density at radius 2 is 1.88 bits per heavy atom. The number of carbonyl (C=O) groups is 2. The molecule has 5 heteroatoms. The molecule has 0 aromatic heterocycles. The fourth-order valence-electron chi connectivity index (χ4n) is 1.23. The van der Waals surface area contributed by atoms with Crippen molar-refractivity contribution in [2.75, 3.05) is 12.4 Å². The Kier molecular flexibility index (Phi) is 4.51. The molecule has 17 heavy (non-hydrogen) atoms. The molecule has 92 valence electrons. The van der Waals surface area contributed by atoms with E-state index in [0.717, 1.165) is 0 Å². The van der Waals surface area contributed by atoms with Gasteiger partial charge in [0, 0.05) is 0 Å². The molecule has 0 bridgehead atoms. The van der Waals surface area contributed by atoms with Gasteiger partial charge >= 0.3 is 12.1 Å². The molecule has 0 aliphatic carbocycles. The van der Waals surface area contributed by atoms with Crippen LogP contribution in [0, 0.1) is 0 Å². The average Bonchev–Trinajstić information content (AvgIpc) is 2.27. The van der Waals surface area contributed by atoms with E-state index in [2.05, 4.69) is 10.1 Å². The van der Waals surface area contributed by atoms with Gasteiger partial charge in [-0.3, -0.25) is 5.32 Å². The van der Waals surface area contributed by atoms with Crippen molar-refractivity contribution in [2.24, 2.45) is 0 Å². The highest BCUT2D eigenvalue weighted by molar-refractivity contribution is 5.99. The molecular formula is C12H15NO4. The molecule has 0 saturated heterocycles. The van der Waals surface area contributed by atoms with Crippen LogP contribution in [0.1, 0.15) is 24.2 Å². The van der Waals surface area contributed by atoms with Gasteiger partial charge in [-0.1, -0.05) is 12.1 Å². The number of ether oxygens (including phenoxy) is 2. The predicted octanol–water partition coefficient (Wildman–Crippen LogP) is 2.43. The number of anilines is 1. The van der Waals surface area contributed by atoms with Gasteiger partial charge in [0.1, 0.15) is 0 Å². The highest BCUT2D eigenvalue weighted by Gasteiger charge is 2.14. The van der Waals surface area contributed by atoms with E-state index in [1.54, 1.807) is 38.1 Å². The number of carbonyl (C=O) groups excluding carboxylic acids is 2. The summed E-state index contributed by atoms with van der Waals surface area (Å²) >= 11 is 0. The largest absolute Gasteiger partial charge is 0.465 e. The molecule has 0 aliphatic rings. The zero-order valence-corrected chi connectivity index (χ0v) is 10.0. The third-order valence-corrected chi connectivity index (χ3v) is 1.91. The molecule has 0 heterocycles. The van der Waals surface area contributed by atoms with Gasteiger partial charge in [-0.05, 0) is 26.0 Å². The van der Waals surface area contributed by atoms with Crippen molar-refractivity contribution < 1.29 is 19.1 Å². The fourth-order valence-corrected chi connectivity index (χ4v) is 1.23. The number of rotatable bonds is 3. The summed E-state index contributed by atoms with van der Waals surface area (Å²) in [5, 5.41) is 2.50. The maximum atomic E-state index is 11.4. The molecule has 0 aliphatic heterocycles. The summed E-state index contributed by atoms with van der Waals surface area (Å²) in [4.78, 5) is 22.8. The van der Waals surface area contributed by atoms with Crippen molar-refractivity contribution in [3.63, 3.8) is 0 Å². The van der Waals surface area contributed by atoms with Gasteiger partial charge in [-0.15, -0.1) is 0 Å². The first kappa shape index (κ1) is 13.0. The van der Waals surface area contributed by atoms with Crippen LogP contribution in [0.25, 0.3) is 0 Å². The van der Waals surface area contributed by atoms with Crippen LogP contribution >= 0.6 is 0 Å². The molecule has 0 spiro atoms. The van der Waals surface area contributed by atoms with Crippen molar-refractivity contribution >= 4 is 17.7 Å². The number of methoxy groups -OCH3 is 1. The number of para-hydroxylation sites is 1. The van der Waals surface area contributed by atoms with Crippen LogP contribution in [0.3, 0.4) is 0 Å². The Morgan fingerprint density at radius 1 is 1.24 bits per heavy atom. The Hall–Kier alpha value is -2.04. The second kappa shape index (κ2) is 5.89. The lowest BCUT2D eigenvalue weighted by molar-refractivity contribution is 0.0602. The lowest BCUT2D eigenvalue weighted by Gasteiger charge is -2.11. The highest BCUT2D eigenvalue weighted by Crippen LogP contribution is 2.16. The van der Waals surface area contributed by atoms with Crippen molar-refractivity contribution in [1.29, 1.82) is 0 Å². The van der Waals surface area contributed by atoms with Gasteiger partial charge in [0.15, 0.2) is 0 Å². The fraction of sp³-hybridized carbons (Fsp3) is 0.333. The standard InChI is InChI=1S/C12H15NO4/c1-8(2)17-12(15)13-10-7-5-4-6-9(10)11(14)16-3/h4-8H,1-3H3,(H,13,15). The summed E-state index contributed by atoms with van der Waals surface area (Å²) in [6, 6.07) is 6.56. The molecule has 1 amide bonds. The Labute approximate surface area is 99.7 Å². The summed E-state index contributed by atoms with van der Waals surface area (Å²) < 4.78 is 9.53. The average molecular weight is 237 g/mol. The van der Waals surface area contributed by atoms with Crippen molar-refractivity contribution in [3.8, 4) is 0 Å². The summed E-state index contributed by atoms with van der Waals surface area (Å²) in [6.07, 6.45) is -0.823. The normalized spacial score (nSPS) is 9.88. The molecular weight excluding hydrogens is 222 g/mol. The Morgan fingerprint density at radius 3 is 2.47 bits per heavy atom. The van der Waals surface area contributed by atoms with Crippen LogP contribution in [0.15, 0.2) is 24.3 Å². The Balaban J connectivity index is 2.83. The van der Waals surface area contributed by atoms with Gasteiger partial charge in [0.25, 0.3) is 0 Å². The monoisotopic (exact) mass is 237 g/mol. The zero-order chi connectivity index (χ0) is 12.8. The van der Waals surface area contributed by atoms with E-state index in [1.807, 2.05) is 0 Å². The van der Waals surface area contributed by atoms with Crippen molar-refractivity contribution in [3.05, 3.63) is 29.8 Å². The minimum atomic E-state index is -0.601. The van der Waals surface area contributed by atoms with E-state index in [-0.39, 0.29) is 11.7 Å². The quantitative estimate of drug-likeness (QED) is 0.820. The van der Waals surface area contributed by atoms with Crippen LogP contribution in [0.2, 0.25) is 0 Å². The van der Waals surface area contributed by atoms with Crippen LogP contribution < -0.4 is 5.32 Å². The topological polar surface area (TPSA) is 64.6 Å². The van der Waals surface area contributed by atoms with Gasteiger partial charge in [-0.2, -0.15) is 0 Å². The minimum Gasteiger partial charge on any atom is -0.465 e. The maximum absolute atomic E-state index is 11.4. The van der Waals surface area contributed by atoms with Gasteiger partial charge in [0.2, 0.25) is 0 Å². The summed E-state index contributed by atoms with van der Waals surface area (Å²) in [7, 11) is 1.28. The predicted molar refractivity (Wildman–Crippen MR) is 63.0 cm³/mol. The molecule has 0 radical (unpaired) electrons. The minimum absolute atomic E-state index is 0.222. The third-order valence-electron chi connectivity index (χ3n) is 1.91. The van der Waals surface area contributed by atoms with E-state index < -0.39 is 12.1 Å². The molecule has 0 atom stereocenters. The number of esters is 1. The van der Waals surface area contributed by atoms with Crippen molar-refractivity contribution in [1.82, 2.24) is 0 Å². The Bertz CT molecular complexity index is 415. The van der Waals surface area contributed by atoms with Crippen LogP contribution in [0.5, 0.6) is 0 Å². The number of hydrogen-bond donors (Lipinski definition) is 1. The SMILES string of the molecule is COC(=O)c1ccccc1NC(=O)OC(C)C. The summed E-state index contributed by atoms with van der Waals surface area (Å²) in [5.41, 5.74) is 0.653. The van der Waals surface area contributed by atoms with E-state index >= 15 is 0 Å². The molecule has 1 rings (SSSR count). The number of benzene rings is 1. The van der Waals surface area contributed by atoms with Gasteiger partial charge < -0.3 is 9.47 Å². The van der Waals surface area contributed by atoms with E-state index in [9.17, 15) is 9.59 Å². The number of nitrogens with one attached hydrogen (secondary N) is 1. The van der Waals surface area contributed by atoms with Crippen molar-refractivity contribution in [2.45, 2.75) is 20.0 Å². The molecule has 1 aromatic rings. The van der Waals surface area contributed by atoms with Crippen LogP contribution in [-0.2, 0) is 9.47 Å². The summed E-state index contributed by atoms with van der Waals surface area (Å²) in [5.74, 6) is -0.509. The zero-order valence-electron chi connectivity index (χ0n) is 10.0. The molecule has 5 nitrogen and oxygen atoms in total.